The summed E-state index contributed by atoms with van der Waals surface area (Å²) < 4.78 is 5.58. The summed E-state index contributed by atoms with van der Waals surface area (Å²) in [7, 11) is 0. The van der Waals surface area contributed by atoms with Gasteiger partial charge >= 0.3 is 0 Å². The average molecular weight is 314 g/mol. The molecule has 0 aliphatic carbocycles. The maximum Gasteiger partial charge on any atom is 0.225 e. The van der Waals surface area contributed by atoms with Crippen molar-refractivity contribution >= 4 is 39.0 Å². The Labute approximate surface area is 128 Å². The van der Waals surface area contributed by atoms with Crippen molar-refractivity contribution in [1.29, 1.82) is 0 Å². The Kier molecular flexibility index (Phi) is 5.57. The number of fused-ring (bicyclic) bond motifs is 1. The van der Waals surface area contributed by atoms with E-state index in [9.17, 15) is 0 Å². The van der Waals surface area contributed by atoms with Crippen LogP contribution in [0.25, 0.3) is 10.2 Å². The molecule has 0 fully saturated rings. The number of aryl methyl sites for hydroxylation is 1. The van der Waals surface area contributed by atoms with Gasteiger partial charge in [-0.1, -0.05) is 13.8 Å². The number of aromatic nitrogens is 2. The zero-order chi connectivity index (χ0) is 14.5. The van der Waals surface area contributed by atoms with Crippen LogP contribution in [0.15, 0.2) is 6.07 Å². The highest BCUT2D eigenvalue weighted by molar-refractivity contribution is 7.18. The van der Waals surface area contributed by atoms with Gasteiger partial charge in [-0.05, 0) is 36.9 Å². The lowest BCUT2D eigenvalue weighted by atomic mass is 10.1. The van der Waals surface area contributed by atoms with Gasteiger partial charge in [0.15, 0.2) is 0 Å². The van der Waals surface area contributed by atoms with Crippen molar-refractivity contribution in [3.8, 4) is 0 Å². The molecule has 1 N–H and O–H groups in total. The highest BCUT2D eigenvalue weighted by Gasteiger charge is 2.09. The van der Waals surface area contributed by atoms with Crippen LogP contribution in [0.3, 0.4) is 0 Å². The number of hydrogen-bond donors (Lipinski definition) is 1. The van der Waals surface area contributed by atoms with E-state index in [0.29, 0.717) is 12.5 Å². The van der Waals surface area contributed by atoms with Crippen LogP contribution in [0.1, 0.15) is 25.1 Å². The standard InChI is InChI=1S/C14H20ClN3OS/c1-9(2)4-6-19-7-5-16-12-11-8-10(3)20-13(11)18-14(15)17-12/h8-9H,4-7H2,1-3H3,(H,16,17,18). The first-order valence-electron chi connectivity index (χ1n) is 6.81. The van der Waals surface area contributed by atoms with Crippen LogP contribution in [0, 0.1) is 12.8 Å². The molecule has 2 aromatic rings. The minimum atomic E-state index is 0.280. The van der Waals surface area contributed by atoms with E-state index in [0.717, 1.165) is 35.6 Å². The van der Waals surface area contributed by atoms with Crippen LogP contribution in [0.4, 0.5) is 5.82 Å². The second-order valence-electron chi connectivity index (χ2n) is 5.14. The van der Waals surface area contributed by atoms with Gasteiger partial charge in [0.2, 0.25) is 5.28 Å². The Hall–Kier alpha value is -0.910. The Balaban J connectivity index is 1.89. The molecule has 0 saturated heterocycles. The van der Waals surface area contributed by atoms with E-state index in [4.69, 9.17) is 16.3 Å². The van der Waals surface area contributed by atoms with Crippen molar-refractivity contribution in [1.82, 2.24) is 9.97 Å². The van der Waals surface area contributed by atoms with E-state index >= 15 is 0 Å². The summed E-state index contributed by atoms with van der Waals surface area (Å²) in [5, 5.41) is 4.58. The minimum Gasteiger partial charge on any atom is -0.380 e. The molecule has 2 heterocycles. The highest BCUT2D eigenvalue weighted by atomic mass is 35.5. The summed E-state index contributed by atoms with van der Waals surface area (Å²) in [6, 6.07) is 2.08. The molecule has 0 radical (unpaired) electrons. The normalized spacial score (nSPS) is 11.4. The lowest BCUT2D eigenvalue weighted by molar-refractivity contribution is 0.132. The van der Waals surface area contributed by atoms with Gasteiger partial charge in [-0.3, -0.25) is 0 Å². The number of halogens is 1. The van der Waals surface area contributed by atoms with Gasteiger partial charge in [0.05, 0.1) is 12.0 Å². The van der Waals surface area contributed by atoms with E-state index in [1.807, 2.05) is 0 Å². The monoisotopic (exact) mass is 313 g/mol. The van der Waals surface area contributed by atoms with E-state index in [-0.39, 0.29) is 5.28 Å². The highest BCUT2D eigenvalue weighted by Crippen LogP contribution is 2.29. The van der Waals surface area contributed by atoms with Crippen molar-refractivity contribution < 1.29 is 4.74 Å². The van der Waals surface area contributed by atoms with Gasteiger partial charge in [-0.2, -0.15) is 0 Å². The fraction of sp³-hybridized carbons (Fsp3) is 0.571. The number of nitrogens with one attached hydrogen (secondary N) is 1. The molecule has 0 bridgehead atoms. The van der Waals surface area contributed by atoms with E-state index in [1.165, 1.54) is 4.88 Å². The Bertz CT molecular complexity index is 571. The van der Waals surface area contributed by atoms with Crippen LogP contribution in [-0.2, 0) is 4.74 Å². The van der Waals surface area contributed by atoms with Crippen LogP contribution < -0.4 is 5.32 Å². The van der Waals surface area contributed by atoms with Crippen LogP contribution >= 0.6 is 22.9 Å². The van der Waals surface area contributed by atoms with Crippen molar-refractivity contribution in [2.24, 2.45) is 5.92 Å². The SMILES string of the molecule is Cc1cc2c(NCCOCCC(C)C)nc(Cl)nc2s1. The number of anilines is 1. The second-order valence-corrected chi connectivity index (χ2v) is 6.71. The lowest BCUT2D eigenvalue weighted by Crippen LogP contribution is -2.12. The number of hydrogen-bond acceptors (Lipinski definition) is 5. The third-order valence-corrected chi connectivity index (χ3v) is 3.98. The molecule has 0 saturated carbocycles. The molecule has 6 heteroatoms. The smallest absolute Gasteiger partial charge is 0.225 e. The summed E-state index contributed by atoms with van der Waals surface area (Å²) >= 11 is 7.57. The maximum atomic E-state index is 5.94. The van der Waals surface area contributed by atoms with Crippen LogP contribution in [0.2, 0.25) is 5.28 Å². The van der Waals surface area contributed by atoms with Crippen molar-refractivity contribution in [2.45, 2.75) is 27.2 Å². The summed E-state index contributed by atoms with van der Waals surface area (Å²) in [6.45, 7) is 8.63. The first-order valence-corrected chi connectivity index (χ1v) is 8.01. The molecule has 4 nitrogen and oxygen atoms in total. The van der Waals surface area contributed by atoms with Crippen molar-refractivity contribution in [2.75, 3.05) is 25.1 Å². The quantitative estimate of drug-likeness (QED) is 0.617. The molecule has 0 aliphatic heterocycles. The molecule has 2 rings (SSSR count). The Morgan fingerprint density at radius 1 is 1.35 bits per heavy atom. The molecular formula is C14H20ClN3OS. The first kappa shape index (κ1) is 15.5. The van der Waals surface area contributed by atoms with Gasteiger partial charge < -0.3 is 10.1 Å². The fourth-order valence-corrected chi connectivity index (χ4v) is 2.91. The number of ether oxygens (including phenoxy) is 1. The molecule has 0 unspecified atom stereocenters. The Morgan fingerprint density at radius 2 is 2.15 bits per heavy atom. The predicted molar refractivity (Wildman–Crippen MR) is 85.9 cm³/mol. The molecule has 0 spiro atoms. The lowest BCUT2D eigenvalue weighted by Gasteiger charge is -2.09. The minimum absolute atomic E-state index is 0.280. The number of nitrogens with zero attached hydrogens (tertiary/aromatic N) is 2. The Morgan fingerprint density at radius 3 is 2.90 bits per heavy atom. The molecule has 0 amide bonds. The van der Waals surface area contributed by atoms with E-state index in [2.05, 4.69) is 42.1 Å². The van der Waals surface area contributed by atoms with Crippen molar-refractivity contribution in [3.63, 3.8) is 0 Å². The first-order chi connectivity index (χ1) is 9.56. The predicted octanol–water partition coefficient (Wildman–Crippen LogP) is 4.13. The average Bonchev–Trinajstić information content (AvgIpc) is 2.73. The van der Waals surface area contributed by atoms with Gasteiger partial charge in [0.25, 0.3) is 0 Å². The topological polar surface area (TPSA) is 47.0 Å². The van der Waals surface area contributed by atoms with Gasteiger partial charge in [0.1, 0.15) is 10.6 Å². The molecule has 2 aromatic heterocycles. The second kappa shape index (κ2) is 7.20. The molecule has 0 atom stereocenters. The summed E-state index contributed by atoms with van der Waals surface area (Å²) in [6.07, 6.45) is 1.09. The molecule has 110 valence electrons. The third kappa shape index (κ3) is 4.30. The zero-order valence-electron chi connectivity index (χ0n) is 12.1. The molecule has 20 heavy (non-hydrogen) atoms. The molecular weight excluding hydrogens is 294 g/mol. The third-order valence-electron chi connectivity index (χ3n) is 2.87. The van der Waals surface area contributed by atoms with Gasteiger partial charge in [-0.25, -0.2) is 9.97 Å². The maximum absolute atomic E-state index is 5.94. The molecule has 0 aromatic carbocycles. The number of thiophene rings is 1. The van der Waals surface area contributed by atoms with Gasteiger partial charge in [0, 0.05) is 18.0 Å². The molecule has 0 aliphatic rings. The zero-order valence-corrected chi connectivity index (χ0v) is 13.6. The van der Waals surface area contributed by atoms with Gasteiger partial charge in [-0.15, -0.1) is 11.3 Å². The fourth-order valence-electron chi connectivity index (χ4n) is 1.81. The van der Waals surface area contributed by atoms with E-state index in [1.54, 1.807) is 11.3 Å². The van der Waals surface area contributed by atoms with Crippen LogP contribution in [-0.4, -0.2) is 29.7 Å². The van der Waals surface area contributed by atoms with Crippen LogP contribution in [0.5, 0.6) is 0 Å². The summed E-state index contributed by atoms with van der Waals surface area (Å²) in [5.41, 5.74) is 0. The van der Waals surface area contributed by atoms with E-state index < -0.39 is 0 Å². The van der Waals surface area contributed by atoms with Crippen molar-refractivity contribution in [3.05, 3.63) is 16.2 Å². The number of rotatable bonds is 7. The summed E-state index contributed by atoms with van der Waals surface area (Å²) in [4.78, 5) is 10.6. The largest absolute Gasteiger partial charge is 0.380 e. The summed E-state index contributed by atoms with van der Waals surface area (Å²) in [5.74, 6) is 1.47.